The molecule has 7 heavy (non-hydrogen) atoms. The molecule has 1 radical (unpaired) electrons. The second-order valence-electron chi connectivity index (χ2n) is 1.05. The van der Waals surface area contributed by atoms with Crippen LogP contribution in [0.5, 0.6) is 0 Å². The van der Waals surface area contributed by atoms with Gasteiger partial charge in [0.1, 0.15) is 0 Å². The SMILES string of the molecule is CC[CH]S(=O)(=O)I. The first kappa shape index (κ1) is 7.68. The number of hydrogen-bond acceptors (Lipinski definition) is 2. The van der Waals surface area contributed by atoms with E-state index in [1.807, 2.05) is 0 Å². The lowest BCUT2D eigenvalue weighted by molar-refractivity contribution is 0.616. The Bertz CT molecular complexity index is 126. The van der Waals surface area contributed by atoms with Crippen LogP contribution >= 0.6 is 21.2 Å². The van der Waals surface area contributed by atoms with E-state index in [-0.39, 0.29) is 0 Å². The van der Waals surface area contributed by atoms with Crippen molar-refractivity contribution in [3.8, 4) is 0 Å². The maximum absolute atomic E-state index is 10.2. The van der Waals surface area contributed by atoms with Crippen molar-refractivity contribution in [2.45, 2.75) is 13.3 Å². The van der Waals surface area contributed by atoms with Gasteiger partial charge < -0.3 is 0 Å². The summed E-state index contributed by atoms with van der Waals surface area (Å²) in [6.07, 6.45) is 0.589. The van der Waals surface area contributed by atoms with Gasteiger partial charge in [0.15, 0.2) is 0 Å². The molecule has 0 atom stereocenters. The molecule has 4 heteroatoms. The normalized spacial score (nSPS) is 11.7. The summed E-state index contributed by atoms with van der Waals surface area (Å²) in [6, 6.07) is 0. The van der Waals surface area contributed by atoms with Gasteiger partial charge in [0.2, 0.25) is 7.01 Å². The van der Waals surface area contributed by atoms with Crippen molar-refractivity contribution < 1.29 is 8.42 Å². The van der Waals surface area contributed by atoms with E-state index in [4.69, 9.17) is 0 Å². The molecule has 0 aliphatic carbocycles. The standard InChI is InChI=1S/C3H6IO2S/c1-2-3-7(4,5)6/h3H,2H2,1H3. The molecule has 0 aliphatic heterocycles. The molecule has 0 aromatic heterocycles. The van der Waals surface area contributed by atoms with E-state index in [1.165, 1.54) is 27.0 Å². The average molecular weight is 233 g/mol. The molecule has 0 spiro atoms. The van der Waals surface area contributed by atoms with Crippen LogP contribution in [0.1, 0.15) is 13.3 Å². The highest BCUT2D eigenvalue weighted by Crippen LogP contribution is 2.06. The van der Waals surface area contributed by atoms with E-state index in [0.29, 0.717) is 6.42 Å². The van der Waals surface area contributed by atoms with Crippen molar-refractivity contribution in [2.24, 2.45) is 0 Å². The third-order valence-corrected chi connectivity index (χ3v) is 2.18. The Morgan fingerprint density at radius 1 is 1.71 bits per heavy atom. The molecule has 0 heterocycles. The van der Waals surface area contributed by atoms with Gasteiger partial charge in [0.25, 0.3) is 0 Å². The quantitative estimate of drug-likeness (QED) is 0.532. The fourth-order valence-electron chi connectivity index (χ4n) is 0.199. The second-order valence-corrected chi connectivity index (χ2v) is 6.02. The monoisotopic (exact) mass is 233 g/mol. The maximum Gasteiger partial charge on any atom is 0.207 e. The van der Waals surface area contributed by atoms with Gasteiger partial charge in [0.05, 0.1) is 27.0 Å². The van der Waals surface area contributed by atoms with Crippen LogP contribution in [0, 0.1) is 5.75 Å². The third kappa shape index (κ3) is 6.68. The predicted molar refractivity (Wildman–Crippen MR) is 37.5 cm³/mol. The largest absolute Gasteiger partial charge is 0.218 e. The van der Waals surface area contributed by atoms with Crippen molar-refractivity contribution in [1.29, 1.82) is 0 Å². The van der Waals surface area contributed by atoms with Crippen LogP contribution in [0.15, 0.2) is 0 Å². The second kappa shape index (κ2) is 2.86. The number of hydrogen-bond donors (Lipinski definition) is 0. The molecular weight excluding hydrogens is 227 g/mol. The number of rotatable bonds is 2. The molecule has 0 amide bonds. The van der Waals surface area contributed by atoms with Gasteiger partial charge in [-0.15, -0.1) is 0 Å². The Labute approximate surface area is 55.8 Å². The van der Waals surface area contributed by atoms with Crippen LogP contribution in [-0.2, 0) is 7.01 Å². The topological polar surface area (TPSA) is 34.1 Å². The summed E-state index contributed by atoms with van der Waals surface area (Å²) in [5.41, 5.74) is 0. The van der Waals surface area contributed by atoms with Crippen LogP contribution in [0.2, 0.25) is 0 Å². The summed E-state index contributed by atoms with van der Waals surface area (Å²) in [5, 5.41) is 0. The van der Waals surface area contributed by atoms with Crippen molar-refractivity contribution in [1.82, 2.24) is 0 Å². The Hall–Kier alpha value is 0.680. The van der Waals surface area contributed by atoms with E-state index >= 15 is 0 Å². The molecule has 0 rings (SSSR count). The number of halogens is 1. The molecule has 0 fully saturated rings. The van der Waals surface area contributed by atoms with E-state index in [1.54, 1.807) is 6.92 Å². The van der Waals surface area contributed by atoms with Gasteiger partial charge in [-0.3, -0.25) is 0 Å². The Balaban J connectivity index is 3.60. The summed E-state index contributed by atoms with van der Waals surface area (Å²) < 4.78 is 20.3. The molecule has 0 saturated heterocycles. The average Bonchev–Trinajstić information content (AvgIpc) is 1.30. The van der Waals surface area contributed by atoms with Gasteiger partial charge in [-0.1, -0.05) is 6.92 Å². The zero-order chi connectivity index (χ0) is 5.91. The summed E-state index contributed by atoms with van der Waals surface area (Å²) in [5.74, 6) is 1.27. The lowest BCUT2D eigenvalue weighted by Crippen LogP contribution is -1.84. The molecule has 0 aromatic rings. The van der Waals surface area contributed by atoms with E-state index in [2.05, 4.69) is 0 Å². The van der Waals surface area contributed by atoms with Gasteiger partial charge in [0, 0.05) is 0 Å². The summed E-state index contributed by atoms with van der Waals surface area (Å²) in [7, 11) is -2.83. The predicted octanol–water partition coefficient (Wildman–Crippen LogP) is 1.32. The van der Waals surface area contributed by atoms with E-state index < -0.39 is 7.01 Å². The van der Waals surface area contributed by atoms with Crippen molar-refractivity contribution in [2.75, 3.05) is 0 Å². The molecular formula is C3H6IO2S. The van der Waals surface area contributed by atoms with Crippen LogP contribution in [-0.4, -0.2) is 8.42 Å². The summed E-state index contributed by atoms with van der Waals surface area (Å²) in [4.78, 5) is 0. The first-order valence-electron chi connectivity index (χ1n) is 1.84. The third-order valence-electron chi connectivity index (χ3n) is 0.366. The minimum atomic E-state index is -2.83. The van der Waals surface area contributed by atoms with Gasteiger partial charge >= 0.3 is 0 Å². The fraction of sp³-hybridized carbons (Fsp3) is 0.667. The molecule has 0 N–H and O–H groups in total. The fourth-order valence-corrected chi connectivity index (χ4v) is 1.68. The Morgan fingerprint density at radius 2 is 2.14 bits per heavy atom. The molecule has 2 nitrogen and oxygen atoms in total. The smallest absolute Gasteiger partial charge is 0.207 e. The Morgan fingerprint density at radius 3 is 2.14 bits per heavy atom. The zero-order valence-electron chi connectivity index (χ0n) is 3.89. The zero-order valence-corrected chi connectivity index (χ0v) is 6.86. The molecule has 0 aliphatic rings. The minimum Gasteiger partial charge on any atom is -0.218 e. The maximum atomic E-state index is 10.2. The summed E-state index contributed by atoms with van der Waals surface area (Å²) in [6.45, 7) is 1.79. The molecule has 0 bridgehead atoms. The lowest BCUT2D eigenvalue weighted by Gasteiger charge is -1.83. The molecule has 0 aromatic carbocycles. The Kier molecular flexibility index (Phi) is 3.14. The first-order chi connectivity index (χ1) is 3.06. The highest BCUT2D eigenvalue weighted by Gasteiger charge is 1.99. The highest BCUT2D eigenvalue weighted by molar-refractivity contribution is 14.2. The van der Waals surface area contributed by atoms with E-state index in [9.17, 15) is 8.42 Å². The van der Waals surface area contributed by atoms with Crippen LogP contribution in [0.3, 0.4) is 0 Å². The van der Waals surface area contributed by atoms with Crippen molar-refractivity contribution >= 4 is 28.2 Å². The molecule has 0 saturated carbocycles. The minimum absolute atomic E-state index is 0.589. The van der Waals surface area contributed by atoms with Gasteiger partial charge in [-0.05, 0) is 6.42 Å². The highest BCUT2D eigenvalue weighted by atomic mass is 127. The van der Waals surface area contributed by atoms with Crippen molar-refractivity contribution in [3.05, 3.63) is 5.75 Å². The van der Waals surface area contributed by atoms with Crippen LogP contribution in [0.4, 0.5) is 0 Å². The van der Waals surface area contributed by atoms with Gasteiger partial charge in [-0.25, -0.2) is 8.42 Å². The molecule has 43 valence electrons. The van der Waals surface area contributed by atoms with Crippen LogP contribution in [0.25, 0.3) is 0 Å². The van der Waals surface area contributed by atoms with Crippen LogP contribution < -0.4 is 0 Å². The van der Waals surface area contributed by atoms with E-state index in [0.717, 1.165) is 0 Å². The summed E-state index contributed by atoms with van der Waals surface area (Å²) >= 11 is 1.39. The lowest BCUT2D eigenvalue weighted by atomic mass is 10.6. The molecule has 0 unspecified atom stereocenters. The first-order valence-corrected chi connectivity index (χ1v) is 5.93. The van der Waals surface area contributed by atoms with Crippen molar-refractivity contribution in [3.63, 3.8) is 0 Å². The van der Waals surface area contributed by atoms with Gasteiger partial charge in [-0.2, -0.15) is 0 Å².